The standard InChI is InChI=1S/C38H40F9N3O4/c1-21-12-25(39)13-22-8-5-3-2-4-6-10-31(50-18-23(9-7-11-49-19-26(40)20-49)28(16-32(50)51)37(42,43)44)36(54)48-30(17-33(52)53)27-14-24(34(21)22)15-29(35(27)41)38(45,46)47/h12-16,18,26,30-31H,2-11,17,19-20H2,1H3,(H,48,54)(H,52,53)/t30-,31-/m0/s1. The second-order valence-corrected chi connectivity index (χ2v) is 14.1. The molecular weight excluding hydrogens is 733 g/mol. The molecule has 2 aliphatic heterocycles. The number of pyridine rings is 1. The lowest BCUT2D eigenvalue weighted by Crippen LogP contribution is -2.48. The van der Waals surface area contributed by atoms with E-state index in [2.05, 4.69) is 5.32 Å². The van der Waals surface area contributed by atoms with Crippen molar-refractivity contribution in [3.63, 3.8) is 0 Å². The molecule has 0 unspecified atom stereocenters. The third-order valence-corrected chi connectivity index (χ3v) is 10.0. The fourth-order valence-corrected chi connectivity index (χ4v) is 7.42. The summed E-state index contributed by atoms with van der Waals surface area (Å²) in [6.45, 7) is 2.03. The number of rotatable bonds is 7. The first-order valence-corrected chi connectivity index (χ1v) is 17.7. The Morgan fingerprint density at radius 1 is 0.907 bits per heavy atom. The van der Waals surface area contributed by atoms with E-state index >= 15 is 4.39 Å². The van der Waals surface area contributed by atoms with Gasteiger partial charge in [-0.25, -0.2) is 13.2 Å². The third-order valence-electron chi connectivity index (χ3n) is 10.0. The summed E-state index contributed by atoms with van der Waals surface area (Å²) < 4.78 is 130. The number of aliphatic carboxylic acids is 1. The van der Waals surface area contributed by atoms with E-state index < -0.39 is 82.8 Å². The Morgan fingerprint density at radius 3 is 2.22 bits per heavy atom. The van der Waals surface area contributed by atoms with E-state index in [0.717, 1.165) is 22.9 Å². The van der Waals surface area contributed by atoms with Crippen LogP contribution in [-0.4, -0.2) is 52.3 Å². The smallest absolute Gasteiger partial charge is 0.419 e. The number of benzene rings is 2. The number of alkyl halides is 7. The van der Waals surface area contributed by atoms with Crippen molar-refractivity contribution in [1.29, 1.82) is 0 Å². The molecule has 294 valence electrons. The fraction of sp³-hybridized carbons (Fsp3) is 0.500. The number of carboxylic acid groups (broad SMARTS) is 1. The quantitative estimate of drug-likeness (QED) is 0.235. The molecule has 2 bridgehead atoms. The summed E-state index contributed by atoms with van der Waals surface area (Å²) in [4.78, 5) is 41.2. The second-order valence-electron chi connectivity index (χ2n) is 14.1. The van der Waals surface area contributed by atoms with Gasteiger partial charge in [0.25, 0.3) is 5.56 Å². The van der Waals surface area contributed by atoms with Gasteiger partial charge in [-0.2, -0.15) is 26.3 Å². The zero-order chi connectivity index (χ0) is 39.5. The molecule has 0 saturated carbocycles. The van der Waals surface area contributed by atoms with Gasteiger partial charge in [-0.15, -0.1) is 0 Å². The van der Waals surface area contributed by atoms with Crippen LogP contribution in [0.3, 0.4) is 0 Å². The van der Waals surface area contributed by atoms with Gasteiger partial charge < -0.3 is 15.0 Å². The van der Waals surface area contributed by atoms with Crippen LogP contribution in [0.1, 0.15) is 96.8 Å². The number of carbonyl (C=O) groups is 2. The minimum Gasteiger partial charge on any atom is -0.481 e. The van der Waals surface area contributed by atoms with Crippen LogP contribution in [0, 0.1) is 18.6 Å². The summed E-state index contributed by atoms with van der Waals surface area (Å²) >= 11 is 0. The maximum Gasteiger partial charge on any atom is 0.419 e. The number of likely N-dealkylation sites (tertiary alicyclic amines) is 1. The van der Waals surface area contributed by atoms with E-state index in [-0.39, 0.29) is 74.0 Å². The van der Waals surface area contributed by atoms with E-state index in [9.17, 15) is 54.6 Å². The molecule has 1 saturated heterocycles. The number of aryl methyl sites for hydroxylation is 3. The normalized spacial score (nSPS) is 19.6. The van der Waals surface area contributed by atoms with Crippen molar-refractivity contribution in [2.45, 2.75) is 102 Å². The number of aromatic nitrogens is 1. The highest BCUT2D eigenvalue weighted by atomic mass is 19.4. The van der Waals surface area contributed by atoms with Gasteiger partial charge in [0.15, 0.2) is 0 Å². The first-order valence-electron chi connectivity index (χ1n) is 17.7. The van der Waals surface area contributed by atoms with E-state index in [0.29, 0.717) is 43.4 Å². The zero-order valence-corrected chi connectivity index (χ0v) is 29.4. The van der Waals surface area contributed by atoms with Crippen LogP contribution in [0.4, 0.5) is 39.5 Å². The number of halogens is 9. The van der Waals surface area contributed by atoms with Gasteiger partial charge in [0.05, 0.1) is 23.6 Å². The minimum atomic E-state index is -5.28. The number of nitrogens with zero attached hydrogens (tertiary/aromatic N) is 2. The molecule has 5 rings (SSSR count). The lowest BCUT2D eigenvalue weighted by atomic mass is 9.87. The molecule has 3 aromatic rings. The Kier molecular flexibility index (Phi) is 12.5. The van der Waals surface area contributed by atoms with Crippen molar-refractivity contribution in [3.05, 3.63) is 91.9 Å². The predicted octanol–water partition coefficient (Wildman–Crippen LogP) is 8.50. The van der Waals surface area contributed by atoms with E-state index in [4.69, 9.17) is 0 Å². The van der Waals surface area contributed by atoms with Gasteiger partial charge in [0.1, 0.15) is 23.8 Å². The van der Waals surface area contributed by atoms with E-state index in [1.54, 1.807) is 4.90 Å². The van der Waals surface area contributed by atoms with Gasteiger partial charge in [-0.05, 0) is 97.7 Å². The number of hydrogen-bond acceptors (Lipinski definition) is 4. The van der Waals surface area contributed by atoms with Crippen LogP contribution >= 0.6 is 0 Å². The molecule has 2 N–H and O–H groups in total. The Bertz CT molecular complexity index is 1920. The summed E-state index contributed by atoms with van der Waals surface area (Å²) in [6, 6.07) is 0.696. The number of carbonyl (C=O) groups excluding carboxylic acids is 1. The molecule has 0 spiro atoms. The van der Waals surface area contributed by atoms with Crippen LogP contribution < -0.4 is 10.9 Å². The maximum absolute atomic E-state index is 16.0. The SMILES string of the molecule is Cc1cc(F)cc2c1-c1cc(c(F)c(C(F)(F)F)c1)[C@H](CC(=O)O)NC(=O)[C@@H](n1cc(CCCN3CC(F)C3)c(C(F)(F)F)cc1=O)CCCCCCC2. The molecule has 0 aliphatic carbocycles. The molecule has 0 radical (unpaired) electrons. The molecule has 2 atom stereocenters. The molecule has 1 aromatic heterocycles. The lowest BCUT2D eigenvalue weighted by molar-refractivity contribution is -0.140. The number of fused-ring (bicyclic) bond motifs is 4. The molecular formula is C38H40F9N3O4. The molecule has 54 heavy (non-hydrogen) atoms. The predicted molar refractivity (Wildman–Crippen MR) is 180 cm³/mol. The zero-order valence-electron chi connectivity index (χ0n) is 29.4. The van der Waals surface area contributed by atoms with E-state index in [1.807, 2.05) is 0 Å². The van der Waals surface area contributed by atoms with Crippen LogP contribution in [0.15, 0.2) is 41.3 Å². The molecule has 1 amide bonds. The maximum atomic E-state index is 16.0. The minimum absolute atomic E-state index is 0.133. The summed E-state index contributed by atoms with van der Waals surface area (Å²) in [6.07, 6.45) is -8.95. The van der Waals surface area contributed by atoms with Crippen molar-refractivity contribution < 1.29 is 54.2 Å². The average molecular weight is 774 g/mol. The van der Waals surface area contributed by atoms with Crippen LogP contribution in [-0.2, 0) is 34.8 Å². The van der Waals surface area contributed by atoms with Crippen molar-refractivity contribution in [3.8, 4) is 11.1 Å². The third kappa shape index (κ3) is 9.66. The van der Waals surface area contributed by atoms with Gasteiger partial charge in [-0.1, -0.05) is 25.7 Å². The largest absolute Gasteiger partial charge is 0.481 e. The highest BCUT2D eigenvalue weighted by Gasteiger charge is 2.39. The monoisotopic (exact) mass is 773 g/mol. The molecule has 7 nitrogen and oxygen atoms in total. The Morgan fingerprint density at radius 2 is 1.57 bits per heavy atom. The van der Waals surface area contributed by atoms with Crippen LogP contribution in [0.5, 0.6) is 0 Å². The van der Waals surface area contributed by atoms with Gasteiger partial charge in [-0.3, -0.25) is 19.3 Å². The number of hydrogen-bond donors (Lipinski definition) is 2. The molecule has 16 heteroatoms. The van der Waals surface area contributed by atoms with Gasteiger partial charge in [0.2, 0.25) is 5.91 Å². The molecule has 2 aliphatic rings. The summed E-state index contributed by atoms with van der Waals surface area (Å²) in [5.74, 6) is -5.23. The van der Waals surface area contributed by atoms with Crippen molar-refractivity contribution in [2.24, 2.45) is 0 Å². The fourth-order valence-electron chi connectivity index (χ4n) is 7.42. The topological polar surface area (TPSA) is 91.6 Å². The molecule has 2 aromatic carbocycles. The van der Waals surface area contributed by atoms with Crippen molar-refractivity contribution in [2.75, 3.05) is 19.6 Å². The van der Waals surface area contributed by atoms with Gasteiger partial charge >= 0.3 is 18.3 Å². The van der Waals surface area contributed by atoms with Crippen LogP contribution in [0.25, 0.3) is 11.1 Å². The van der Waals surface area contributed by atoms with Gasteiger partial charge in [0, 0.05) is 30.9 Å². The number of nitrogens with one attached hydrogen (secondary N) is 1. The molecule has 3 heterocycles. The number of carboxylic acids is 1. The second kappa shape index (κ2) is 16.6. The highest BCUT2D eigenvalue weighted by molar-refractivity contribution is 5.82. The Balaban J connectivity index is 1.62. The summed E-state index contributed by atoms with van der Waals surface area (Å²) in [7, 11) is 0. The lowest BCUT2D eigenvalue weighted by Gasteiger charge is -2.34. The van der Waals surface area contributed by atoms with E-state index in [1.165, 1.54) is 13.0 Å². The average Bonchev–Trinajstić information content (AvgIpc) is 3.04. The van der Waals surface area contributed by atoms with Crippen molar-refractivity contribution >= 4 is 11.9 Å². The summed E-state index contributed by atoms with van der Waals surface area (Å²) in [5.41, 5.74) is -4.73. The Labute approximate surface area is 305 Å². The first kappa shape index (κ1) is 40.8. The summed E-state index contributed by atoms with van der Waals surface area (Å²) in [5, 5.41) is 12.1. The highest BCUT2D eigenvalue weighted by Crippen LogP contribution is 2.41. The Hall–Kier alpha value is -4.34. The van der Waals surface area contributed by atoms with Crippen LogP contribution in [0.2, 0.25) is 0 Å². The van der Waals surface area contributed by atoms with Crippen molar-refractivity contribution in [1.82, 2.24) is 14.8 Å². The number of amides is 1. The first-order chi connectivity index (χ1) is 25.3. The molecule has 1 fully saturated rings.